The quantitative estimate of drug-likeness (QED) is 0.924. The average molecular weight is 331 g/mol. The molecule has 1 unspecified atom stereocenters. The van der Waals surface area contributed by atoms with Crippen molar-refractivity contribution in [2.75, 3.05) is 0 Å². The Hall–Kier alpha value is -1.83. The Morgan fingerprint density at radius 2 is 2.10 bits per heavy atom. The van der Waals surface area contributed by atoms with Crippen LogP contribution in [0.15, 0.2) is 46.9 Å². The summed E-state index contributed by atoms with van der Waals surface area (Å²) < 4.78 is 6.79. The van der Waals surface area contributed by atoms with Crippen LogP contribution in [0.3, 0.4) is 0 Å². The molecule has 3 nitrogen and oxygen atoms in total. The summed E-state index contributed by atoms with van der Waals surface area (Å²) in [5.74, 6) is 0.761. The average Bonchev–Trinajstić information content (AvgIpc) is 2.45. The minimum atomic E-state index is -0.0939. The lowest BCUT2D eigenvalue weighted by atomic mass is 10.1. The number of benzene rings is 2. The predicted octanol–water partition coefficient (Wildman–Crippen LogP) is 3.92. The fourth-order valence-electron chi connectivity index (χ4n) is 1.90. The molecule has 2 aromatic rings. The van der Waals surface area contributed by atoms with E-state index < -0.39 is 0 Å². The number of nitriles is 1. The van der Waals surface area contributed by atoms with Gasteiger partial charge < -0.3 is 10.5 Å². The molecule has 0 amide bonds. The molecule has 0 aliphatic rings. The first-order chi connectivity index (χ1) is 9.60. The van der Waals surface area contributed by atoms with E-state index in [4.69, 9.17) is 15.7 Å². The summed E-state index contributed by atoms with van der Waals surface area (Å²) >= 11 is 3.43. The first-order valence-electron chi connectivity index (χ1n) is 6.27. The number of nitrogens with zero attached hydrogens (tertiary/aromatic N) is 1. The van der Waals surface area contributed by atoms with Crippen molar-refractivity contribution >= 4 is 15.9 Å². The fraction of sp³-hybridized carbons (Fsp3) is 0.188. The van der Waals surface area contributed by atoms with E-state index >= 15 is 0 Å². The van der Waals surface area contributed by atoms with E-state index in [2.05, 4.69) is 22.0 Å². The smallest absolute Gasteiger partial charge is 0.125 e. The molecule has 2 rings (SSSR count). The van der Waals surface area contributed by atoms with Gasteiger partial charge in [-0.15, -0.1) is 0 Å². The second kappa shape index (κ2) is 6.56. The molecule has 0 heterocycles. The van der Waals surface area contributed by atoms with Gasteiger partial charge in [-0.3, -0.25) is 0 Å². The summed E-state index contributed by atoms with van der Waals surface area (Å²) in [6.07, 6.45) is 0. The maximum Gasteiger partial charge on any atom is 0.125 e. The van der Waals surface area contributed by atoms with Crippen molar-refractivity contribution in [3.63, 3.8) is 0 Å². The highest BCUT2D eigenvalue weighted by Crippen LogP contribution is 2.28. The lowest BCUT2D eigenvalue weighted by molar-refractivity contribution is 0.301. The van der Waals surface area contributed by atoms with Crippen molar-refractivity contribution in [1.82, 2.24) is 0 Å². The highest BCUT2D eigenvalue weighted by molar-refractivity contribution is 9.10. The van der Waals surface area contributed by atoms with Crippen molar-refractivity contribution in [2.45, 2.75) is 19.6 Å². The zero-order valence-electron chi connectivity index (χ0n) is 11.1. The number of halogens is 1. The maximum atomic E-state index is 8.89. The lowest BCUT2D eigenvalue weighted by Gasteiger charge is -2.14. The Balaban J connectivity index is 2.18. The third-order valence-corrected chi connectivity index (χ3v) is 3.41. The largest absolute Gasteiger partial charge is 0.489 e. The Bertz CT molecular complexity index is 647. The van der Waals surface area contributed by atoms with Gasteiger partial charge >= 0.3 is 0 Å². The SMILES string of the molecule is CC(N)c1ccc(Br)cc1OCc1cccc(C#N)c1. The second-order valence-corrected chi connectivity index (χ2v) is 5.49. The molecule has 2 N–H and O–H groups in total. The van der Waals surface area contributed by atoms with Crippen LogP contribution in [-0.2, 0) is 6.61 Å². The minimum absolute atomic E-state index is 0.0939. The third kappa shape index (κ3) is 3.60. The van der Waals surface area contributed by atoms with Crippen molar-refractivity contribution in [3.8, 4) is 11.8 Å². The third-order valence-electron chi connectivity index (χ3n) is 2.92. The van der Waals surface area contributed by atoms with Crippen LogP contribution in [0.1, 0.15) is 29.7 Å². The summed E-state index contributed by atoms with van der Waals surface area (Å²) in [7, 11) is 0. The number of rotatable bonds is 4. The molecule has 0 radical (unpaired) electrons. The maximum absolute atomic E-state index is 8.89. The molecule has 0 saturated carbocycles. The van der Waals surface area contributed by atoms with Crippen LogP contribution in [0.5, 0.6) is 5.75 Å². The standard InChI is InChI=1S/C16H15BrN2O/c1-11(19)15-6-5-14(17)8-16(15)20-10-13-4-2-3-12(7-13)9-18/h2-8,11H,10,19H2,1H3. The Morgan fingerprint density at radius 3 is 2.80 bits per heavy atom. The summed E-state index contributed by atoms with van der Waals surface area (Å²) in [6.45, 7) is 2.33. The van der Waals surface area contributed by atoms with Crippen molar-refractivity contribution in [1.29, 1.82) is 5.26 Å². The van der Waals surface area contributed by atoms with E-state index in [-0.39, 0.29) is 6.04 Å². The molecule has 20 heavy (non-hydrogen) atoms. The van der Waals surface area contributed by atoms with Gasteiger partial charge in [-0.05, 0) is 36.8 Å². The molecule has 4 heteroatoms. The van der Waals surface area contributed by atoms with Gasteiger partial charge in [-0.2, -0.15) is 5.26 Å². The molecule has 0 aromatic heterocycles. The van der Waals surface area contributed by atoms with Crippen molar-refractivity contribution in [3.05, 3.63) is 63.6 Å². The number of hydrogen-bond acceptors (Lipinski definition) is 3. The topological polar surface area (TPSA) is 59.0 Å². The molecule has 0 saturated heterocycles. The van der Waals surface area contributed by atoms with E-state index in [0.717, 1.165) is 21.3 Å². The van der Waals surface area contributed by atoms with Gasteiger partial charge in [0.15, 0.2) is 0 Å². The molecule has 0 aliphatic heterocycles. The van der Waals surface area contributed by atoms with Gasteiger partial charge in [0.1, 0.15) is 12.4 Å². The molecule has 0 spiro atoms. The number of ether oxygens (including phenoxy) is 1. The zero-order chi connectivity index (χ0) is 14.5. The second-order valence-electron chi connectivity index (χ2n) is 4.57. The summed E-state index contributed by atoms with van der Waals surface area (Å²) in [5, 5.41) is 8.89. The minimum Gasteiger partial charge on any atom is -0.489 e. The molecule has 0 aliphatic carbocycles. The van der Waals surface area contributed by atoms with Crippen LogP contribution in [0.2, 0.25) is 0 Å². The Labute approximate surface area is 127 Å². The molecule has 1 atom stereocenters. The van der Waals surface area contributed by atoms with E-state index in [0.29, 0.717) is 12.2 Å². The van der Waals surface area contributed by atoms with Crippen LogP contribution < -0.4 is 10.5 Å². The Kier molecular flexibility index (Phi) is 4.78. The van der Waals surface area contributed by atoms with E-state index in [1.165, 1.54) is 0 Å². The van der Waals surface area contributed by atoms with Crippen LogP contribution >= 0.6 is 15.9 Å². The predicted molar refractivity (Wildman–Crippen MR) is 82.2 cm³/mol. The molecule has 2 aromatic carbocycles. The Morgan fingerprint density at radius 1 is 1.30 bits per heavy atom. The van der Waals surface area contributed by atoms with E-state index in [1.54, 1.807) is 6.07 Å². The zero-order valence-corrected chi connectivity index (χ0v) is 12.7. The lowest BCUT2D eigenvalue weighted by Crippen LogP contribution is -2.08. The van der Waals surface area contributed by atoms with E-state index in [9.17, 15) is 0 Å². The first-order valence-corrected chi connectivity index (χ1v) is 7.06. The van der Waals surface area contributed by atoms with Gasteiger partial charge in [0, 0.05) is 16.1 Å². The normalized spacial score (nSPS) is 11.7. The van der Waals surface area contributed by atoms with Gasteiger partial charge in [0.2, 0.25) is 0 Å². The van der Waals surface area contributed by atoms with Crippen LogP contribution in [-0.4, -0.2) is 0 Å². The summed E-state index contributed by atoms with van der Waals surface area (Å²) in [4.78, 5) is 0. The monoisotopic (exact) mass is 330 g/mol. The van der Waals surface area contributed by atoms with Crippen LogP contribution in [0.25, 0.3) is 0 Å². The van der Waals surface area contributed by atoms with Crippen molar-refractivity contribution in [2.24, 2.45) is 5.73 Å². The van der Waals surface area contributed by atoms with Crippen LogP contribution in [0, 0.1) is 11.3 Å². The summed E-state index contributed by atoms with van der Waals surface area (Å²) in [6, 6.07) is 15.2. The number of hydrogen-bond donors (Lipinski definition) is 1. The highest BCUT2D eigenvalue weighted by Gasteiger charge is 2.09. The summed E-state index contributed by atoms with van der Waals surface area (Å²) in [5.41, 5.74) is 8.49. The fourth-order valence-corrected chi connectivity index (χ4v) is 2.24. The highest BCUT2D eigenvalue weighted by atomic mass is 79.9. The van der Waals surface area contributed by atoms with E-state index in [1.807, 2.05) is 43.3 Å². The molecular formula is C16H15BrN2O. The van der Waals surface area contributed by atoms with Crippen LogP contribution in [0.4, 0.5) is 0 Å². The van der Waals surface area contributed by atoms with Gasteiger partial charge in [0.25, 0.3) is 0 Å². The van der Waals surface area contributed by atoms with Gasteiger partial charge in [-0.1, -0.05) is 34.1 Å². The molecule has 0 fully saturated rings. The molecular weight excluding hydrogens is 316 g/mol. The van der Waals surface area contributed by atoms with Gasteiger partial charge in [-0.25, -0.2) is 0 Å². The van der Waals surface area contributed by atoms with Gasteiger partial charge in [0.05, 0.1) is 11.6 Å². The first kappa shape index (κ1) is 14.6. The van der Waals surface area contributed by atoms with Crippen molar-refractivity contribution < 1.29 is 4.74 Å². The molecule has 0 bridgehead atoms. The number of nitrogens with two attached hydrogens (primary N) is 1. The molecule has 102 valence electrons.